The van der Waals surface area contributed by atoms with Gasteiger partial charge in [-0.15, -0.1) is 0 Å². The van der Waals surface area contributed by atoms with Crippen LogP contribution in [0, 0.1) is 0 Å². The van der Waals surface area contributed by atoms with Crippen LogP contribution in [0.15, 0.2) is 59.7 Å². The molecule has 1 fully saturated rings. The number of nitrogens with one attached hydrogen (secondary N) is 2. The summed E-state index contributed by atoms with van der Waals surface area (Å²) in [7, 11) is 0. The van der Waals surface area contributed by atoms with Crippen LogP contribution in [0.25, 0.3) is 0 Å². The number of hydrogen-bond acceptors (Lipinski definition) is 8. The fourth-order valence-corrected chi connectivity index (χ4v) is 3.14. The lowest BCUT2D eigenvalue weighted by molar-refractivity contribution is 0.882. The number of rotatable bonds is 6. The monoisotopic (exact) mass is 388 g/mol. The van der Waals surface area contributed by atoms with E-state index in [0.29, 0.717) is 23.5 Å². The Hall–Kier alpha value is -3.68. The van der Waals surface area contributed by atoms with Gasteiger partial charge in [-0.05, 0) is 49.6 Å². The highest BCUT2D eigenvalue weighted by molar-refractivity contribution is 5.99. The van der Waals surface area contributed by atoms with Crippen molar-refractivity contribution < 1.29 is 0 Å². The molecule has 0 atom stereocenters. The zero-order valence-corrected chi connectivity index (χ0v) is 16.3. The Balaban J connectivity index is 1.60. The van der Waals surface area contributed by atoms with E-state index in [1.807, 2.05) is 61.5 Å². The normalized spacial score (nSPS) is 14.1. The molecular formula is C21H24N8. The van der Waals surface area contributed by atoms with Crippen molar-refractivity contribution in [3.63, 3.8) is 0 Å². The molecule has 4 rings (SSSR count). The molecule has 0 saturated carbocycles. The van der Waals surface area contributed by atoms with Crippen LogP contribution in [0.3, 0.4) is 0 Å². The highest BCUT2D eigenvalue weighted by atomic mass is 15.4. The zero-order chi connectivity index (χ0) is 20.1. The molecule has 1 aliphatic heterocycles. The maximum atomic E-state index is 5.86. The Labute approximate surface area is 169 Å². The van der Waals surface area contributed by atoms with Gasteiger partial charge in [-0.25, -0.2) is 5.43 Å². The van der Waals surface area contributed by atoms with Crippen LogP contribution in [-0.2, 0) is 0 Å². The van der Waals surface area contributed by atoms with E-state index in [9.17, 15) is 0 Å². The van der Waals surface area contributed by atoms with Crippen LogP contribution in [0.5, 0.6) is 0 Å². The van der Waals surface area contributed by atoms with E-state index in [1.54, 1.807) is 0 Å². The van der Waals surface area contributed by atoms with Gasteiger partial charge in [0, 0.05) is 24.5 Å². The van der Waals surface area contributed by atoms with Crippen molar-refractivity contribution in [3.05, 3.63) is 60.2 Å². The zero-order valence-electron chi connectivity index (χ0n) is 16.3. The molecule has 2 heterocycles. The summed E-state index contributed by atoms with van der Waals surface area (Å²) in [6.45, 7) is 3.80. The Morgan fingerprint density at radius 2 is 1.72 bits per heavy atom. The Bertz CT molecular complexity index is 997. The van der Waals surface area contributed by atoms with Gasteiger partial charge >= 0.3 is 0 Å². The molecule has 0 bridgehead atoms. The summed E-state index contributed by atoms with van der Waals surface area (Å²) in [5.41, 5.74) is 12.2. The molecule has 148 valence electrons. The summed E-state index contributed by atoms with van der Waals surface area (Å²) >= 11 is 0. The van der Waals surface area contributed by atoms with Gasteiger partial charge in [0.2, 0.25) is 17.8 Å². The first-order valence-corrected chi connectivity index (χ1v) is 9.67. The second-order valence-electron chi connectivity index (χ2n) is 6.90. The van der Waals surface area contributed by atoms with Crippen molar-refractivity contribution >= 4 is 34.9 Å². The van der Waals surface area contributed by atoms with E-state index in [2.05, 4.69) is 35.7 Å². The van der Waals surface area contributed by atoms with E-state index in [4.69, 9.17) is 5.73 Å². The van der Waals surface area contributed by atoms with Gasteiger partial charge < -0.3 is 16.0 Å². The highest BCUT2D eigenvalue weighted by Gasteiger charge is 2.17. The van der Waals surface area contributed by atoms with Gasteiger partial charge in [-0.1, -0.05) is 30.3 Å². The van der Waals surface area contributed by atoms with Crippen molar-refractivity contribution in [1.82, 2.24) is 15.0 Å². The maximum Gasteiger partial charge on any atom is 0.250 e. The fraction of sp³-hybridized carbons (Fsp3) is 0.238. The molecule has 1 saturated heterocycles. The molecule has 0 amide bonds. The first-order chi connectivity index (χ1) is 14.2. The van der Waals surface area contributed by atoms with Crippen LogP contribution in [-0.4, -0.2) is 33.8 Å². The molecule has 0 spiro atoms. The number of nitrogens with zero attached hydrogens (tertiary/aromatic N) is 5. The lowest BCUT2D eigenvalue weighted by Gasteiger charge is -2.16. The molecule has 1 aromatic heterocycles. The van der Waals surface area contributed by atoms with Crippen LogP contribution < -0.4 is 21.4 Å². The number of aromatic nitrogens is 3. The molecule has 0 unspecified atom stereocenters. The van der Waals surface area contributed by atoms with E-state index >= 15 is 0 Å². The number of hydrogen-bond donors (Lipinski definition) is 3. The minimum absolute atomic E-state index is 0.392. The van der Waals surface area contributed by atoms with Gasteiger partial charge in [-0.2, -0.15) is 20.1 Å². The van der Waals surface area contributed by atoms with E-state index < -0.39 is 0 Å². The summed E-state index contributed by atoms with van der Waals surface area (Å²) in [6, 6.07) is 17.4. The largest absolute Gasteiger partial charge is 0.399 e. The van der Waals surface area contributed by atoms with Gasteiger partial charge in [0.05, 0.1) is 5.71 Å². The van der Waals surface area contributed by atoms with Crippen LogP contribution in [0.2, 0.25) is 0 Å². The number of benzene rings is 2. The van der Waals surface area contributed by atoms with Gasteiger partial charge in [0.25, 0.3) is 0 Å². The van der Waals surface area contributed by atoms with E-state index in [1.165, 1.54) is 0 Å². The minimum Gasteiger partial charge on any atom is -0.399 e. The summed E-state index contributed by atoms with van der Waals surface area (Å²) in [4.78, 5) is 15.8. The summed E-state index contributed by atoms with van der Waals surface area (Å²) in [6.07, 6.45) is 2.28. The van der Waals surface area contributed by atoms with Gasteiger partial charge in [0.15, 0.2) is 0 Å². The Morgan fingerprint density at radius 1 is 0.966 bits per heavy atom. The van der Waals surface area contributed by atoms with Crippen molar-refractivity contribution in [2.45, 2.75) is 19.8 Å². The first kappa shape index (κ1) is 18.7. The first-order valence-electron chi connectivity index (χ1n) is 9.67. The number of hydrazone groups is 1. The second kappa shape index (κ2) is 8.55. The Kier molecular flexibility index (Phi) is 5.51. The van der Waals surface area contributed by atoms with Crippen LogP contribution in [0.4, 0.5) is 29.2 Å². The maximum absolute atomic E-state index is 5.86. The van der Waals surface area contributed by atoms with Crippen LogP contribution >= 0.6 is 0 Å². The lowest BCUT2D eigenvalue weighted by Crippen LogP contribution is -2.22. The second-order valence-corrected chi connectivity index (χ2v) is 6.90. The SMILES string of the molecule is C/C(=N\Nc1nc(Nc2ccccc2)nc(N2CCCC2)n1)c1cccc(N)c1. The third kappa shape index (κ3) is 4.78. The molecular weight excluding hydrogens is 364 g/mol. The van der Waals surface area contributed by atoms with Crippen molar-refractivity contribution in [3.8, 4) is 0 Å². The molecule has 4 N–H and O–H groups in total. The molecule has 0 aliphatic carbocycles. The van der Waals surface area contributed by atoms with Crippen LogP contribution in [0.1, 0.15) is 25.3 Å². The van der Waals surface area contributed by atoms with E-state index in [0.717, 1.165) is 42.9 Å². The summed E-state index contributed by atoms with van der Waals surface area (Å²) in [5.74, 6) is 1.52. The van der Waals surface area contributed by atoms with Gasteiger partial charge in [-0.3, -0.25) is 0 Å². The third-order valence-electron chi connectivity index (χ3n) is 4.67. The molecule has 3 aromatic rings. The number of nitrogens with two attached hydrogens (primary N) is 1. The molecule has 29 heavy (non-hydrogen) atoms. The molecule has 0 radical (unpaired) electrons. The topological polar surface area (TPSA) is 104 Å². The highest BCUT2D eigenvalue weighted by Crippen LogP contribution is 2.21. The van der Waals surface area contributed by atoms with Crippen molar-refractivity contribution in [2.24, 2.45) is 5.10 Å². The molecule has 8 nitrogen and oxygen atoms in total. The fourth-order valence-electron chi connectivity index (χ4n) is 3.14. The Morgan fingerprint density at radius 3 is 2.48 bits per heavy atom. The summed E-state index contributed by atoms with van der Waals surface area (Å²) < 4.78 is 0. The van der Waals surface area contributed by atoms with Gasteiger partial charge in [0.1, 0.15) is 0 Å². The predicted octanol–water partition coefficient (Wildman–Crippen LogP) is 3.63. The average molecular weight is 388 g/mol. The van der Waals surface area contributed by atoms with Crippen molar-refractivity contribution in [1.29, 1.82) is 0 Å². The quantitative estimate of drug-likeness (QED) is 0.336. The molecule has 8 heteroatoms. The lowest BCUT2D eigenvalue weighted by atomic mass is 10.1. The third-order valence-corrected chi connectivity index (χ3v) is 4.67. The van der Waals surface area contributed by atoms with E-state index in [-0.39, 0.29) is 0 Å². The summed E-state index contributed by atoms with van der Waals surface area (Å²) in [5, 5.41) is 7.67. The number of nitrogen functional groups attached to an aromatic ring is 1. The number of para-hydroxylation sites is 1. The average Bonchev–Trinajstić information content (AvgIpc) is 3.28. The molecule has 2 aromatic carbocycles. The minimum atomic E-state index is 0.392. The number of anilines is 5. The predicted molar refractivity (Wildman–Crippen MR) is 118 cm³/mol. The standard InChI is InChI=1S/C21H24N8/c1-15(16-8-7-9-17(22)14-16)27-28-20-24-19(23-18-10-3-2-4-11-18)25-21(26-20)29-12-5-6-13-29/h2-4,7-11,14H,5-6,12-13,22H2,1H3,(H2,23,24,25,26,28)/b27-15+. The molecule has 1 aliphatic rings. The van der Waals surface area contributed by atoms with Crippen molar-refractivity contribution in [2.75, 3.05) is 34.5 Å². The smallest absolute Gasteiger partial charge is 0.250 e.